The molecule has 7 rings (SSSR count). The first-order valence-corrected chi connectivity index (χ1v) is 20.0. The summed E-state index contributed by atoms with van der Waals surface area (Å²) in [6, 6.07) is 9.14. The largest absolute Gasteiger partial charge is 0.453 e. The standard InChI is InChI=1S/C41H51N9O8/c1-7-22(3)34(42-40(53)55-5)38(51)49-17-9-11-28(49)27-21-26(45-46-27)24-13-15-30-32(19-24)57-31-16-14-25(20-33(31)58-30)36-44-37(48-47-36)29-12-10-18-50(29)39(52)35(23(4)8-2)43-41(54)56-6/h13-16,19-20,22-23,28-29,34-35H,7-12,17-18,21H2,1-6H3,(H,42,53)(H,43,54)(H,44,47,48)/t22-,23-,28-,29-,34-,35-/m0/s1. The third-order valence-corrected chi connectivity index (χ3v) is 11.7. The Morgan fingerprint density at radius 2 is 1.31 bits per heavy atom. The van der Waals surface area contributed by atoms with Gasteiger partial charge in [-0.2, -0.15) is 15.3 Å². The smallest absolute Gasteiger partial charge is 0.407 e. The number of H-pyrrole nitrogens is 1. The zero-order valence-corrected chi connectivity index (χ0v) is 33.7. The Balaban J connectivity index is 1.00. The minimum Gasteiger partial charge on any atom is -0.453 e. The number of aromatic amines is 1. The van der Waals surface area contributed by atoms with Gasteiger partial charge in [-0.15, -0.1) is 0 Å². The van der Waals surface area contributed by atoms with Gasteiger partial charge in [-0.05, 0) is 73.9 Å². The van der Waals surface area contributed by atoms with Crippen LogP contribution in [0.5, 0.6) is 23.0 Å². The van der Waals surface area contributed by atoms with Crippen molar-refractivity contribution in [3.05, 3.63) is 47.8 Å². The van der Waals surface area contributed by atoms with E-state index in [0.717, 1.165) is 36.2 Å². The van der Waals surface area contributed by atoms with E-state index in [9.17, 15) is 19.2 Å². The second-order valence-corrected chi connectivity index (χ2v) is 15.3. The van der Waals surface area contributed by atoms with E-state index >= 15 is 0 Å². The topological polar surface area (TPSA) is 202 Å². The Labute approximate surface area is 336 Å². The molecule has 3 aromatic rings. The Morgan fingerprint density at radius 3 is 1.88 bits per heavy atom. The van der Waals surface area contributed by atoms with Crippen LogP contribution in [0, 0.1) is 11.8 Å². The summed E-state index contributed by atoms with van der Waals surface area (Å²) in [6.45, 7) is 8.95. The number of alkyl carbamates (subject to hydrolysis) is 2. The van der Waals surface area contributed by atoms with E-state index in [1.165, 1.54) is 14.2 Å². The van der Waals surface area contributed by atoms with Gasteiger partial charge in [0.25, 0.3) is 0 Å². The number of likely N-dealkylation sites (tertiary alicyclic amines) is 2. The quantitative estimate of drug-likeness (QED) is 0.150. The molecular weight excluding hydrogens is 747 g/mol. The molecule has 0 bridgehead atoms. The van der Waals surface area contributed by atoms with Gasteiger partial charge >= 0.3 is 12.2 Å². The minimum absolute atomic E-state index is 0.0753. The average molecular weight is 798 g/mol. The van der Waals surface area contributed by atoms with Crippen LogP contribution in [0.2, 0.25) is 0 Å². The molecular formula is C41H51N9O8. The average Bonchev–Trinajstić information content (AvgIpc) is 4.09. The first-order chi connectivity index (χ1) is 28.0. The van der Waals surface area contributed by atoms with Crippen LogP contribution in [0.4, 0.5) is 9.59 Å². The van der Waals surface area contributed by atoms with Crippen LogP contribution in [-0.2, 0) is 19.1 Å². The van der Waals surface area contributed by atoms with E-state index < -0.39 is 24.3 Å². The number of rotatable bonds is 12. The number of hydrogen-bond donors (Lipinski definition) is 3. The third kappa shape index (κ3) is 8.07. The molecule has 1 aromatic heterocycles. The van der Waals surface area contributed by atoms with E-state index in [4.69, 9.17) is 23.9 Å². The molecule has 2 saturated heterocycles. The summed E-state index contributed by atoms with van der Waals surface area (Å²) < 4.78 is 22.2. The third-order valence-electron chi connectivity index (χ3n) is 11.7. The van der Waals surface area contributed by atoms with Gasteiger partial charge in [0.1, 0.15) is 17.9 Å². The number of methoxy groups -OCH3 is 2. The number of nitrogens with zero attached hydrogens (tertiary/aromatic N) is 6. The van der Waals surface area contributed by atoms with Gasteiger partial charge in [-0.3, -0.25) is 14.7 Å². The molecule has 0 aliphatic carbocycles. The van der Waals surface area contributed by atoms with Gasteiger partial charge in [-0.25, -0.2) is 14.6 Å². The zero-order chi connectivity index (χ0) is 41.1. The number of aromatic nitrogens is 3. The SMILES string of the molecule is CC[C@H](C)[C@H](NC(=O)OC)C(=O)N1CCC[C@H]1C1=NN=C(c2ccc3c(c2)Oc2ccc(-c4n[nH]c([C@@H]5CCCN5C(=O)[C@@H](NC(=O)OC)[C@@H](C)CC)n4)cc2O3)C1. The summed E-state index contributed by atoms with van der Waals surface area (Å²) in [5.74, 6) is 2.60. The van der Waals surface area contributed by atoms with Crippen molar-refractivity contribution >= 4 is 35.4 Å². The van der Waals surface area contributed by atoms with Crippen molar-refractivity contribution in [2.24, 2.45) is 22.0 Å². The highest BCUT2D eigenvalue weighted by atomic mass is 16.6. The maximum atomic E-state index is 13.7. The first kappa shape index (κ1) is 40.2. The van der Waals surface area contributed by atoms with E-state index in [0.29, 0.717) is 79.0 Å². The highest BCUT2D eigenvalue weighted by Crippen LogP contribution is 2.47. The summed E-state index contributed by atoms with van der Waals surface area (Å²) >= 11 is 0. The second kappa shape index (κ2) is 17.2. The Hall–Kier alpha value is -6.00. The van der Waals surface area contributed by atoms with Crippen LogP contribution in [0.1, 0.15) is 90.1 Å². The summed E-state index contributed by atoms with van der Waals surface area (Å²) in [5.41, 5.74) is 3.09. The number of amides is 4. The molecule has 2 fully saturated rings. The molecule has 5 heterocycles. The van der Waals surface area contributed by atoms with Gasteiger partial charge in [0.2, 0.25) is 11.8 Å². The maximum absolute atomic E-state index is 13.7. The van der Waals surface area contributed by atoms with E-state index in [1.807, 2.05) is 62.9 Å². The van der Waals surface area contributed by atoms with E-state index in [2.05, 4.69) is 31.0 Å². The molecule has 0 saturated carbocycles. The van der Waals surface area contributed by atoms with E-state index in [-0.39, 0.29) is 35.7 Å². The Bertz CT molecular complexity index is 2120. The molecule has 4 amide bonds. The molecule has 2 aromatic carbocycles. The highest BCUT2D eigenvalue weighted by Gasteiger charge is 2.41. The van der Waals surface area contributed by atoms with Crippen molar-refractivity contribution in [2.45, 2.75) is 96.8 Å². The Morgan fingerprint density at radius 1 is 0.776 bits per heavy atom. The maximum Gasteiger partial charge on any atom is 0.407 e. The summed E-state index contributed by atoms with van der Waals surface area (Å²) in [5, 5.41) is 22.1. The molecule has 308 valence electrons. The number of benzene rings is 2. The molecule has 0 radical (unpaired) electrons. The van der Waals surface area contributed by atoms with Crippen LogP contribution in [0.25, 0.3) is 11.4 Å². The van der Waals surface area contributed by atoms with Crippen LogP contribution >= 0.6 is 0 Å². The predicted octanol–water partition coefficient (Wildman–Crippen LogP) is 6.11. The van der Waals surface area contributed by atoms with Gasteiger partial charge in [0.15, 0.2) is 28.8 Å². The Kier molecular flexibility index (Phi) is 12.0. The van der Waals surface area contributed by atoms with E-state index in [1.54, 1.807) is 11.0 Å². The summed E-state index contributed by atoms with van der Waals surface area (Å²) in [6.07, 6.45) is 3.72. The van der Waals surface area contributed by atoms with Crippen LogP contribution in [-0.4, -0.2) is 106 Å². The number of fused-ring (bicyclic) bond motifs is 2. The molecule has 0 spiro atoms. The van der Waals surface area contributed by atoms with Crippen LogP contribution in [0.3, 0.4) is 0 Å². The summed E-state index contributed by atoms with van der Waals surface area (Å²) in [4.78, 5) is 60.0. The number of ether oxygens (including phenoxy) is 4. The lowest BCUT2D eigenvalue weighted by Gasteiger charge is -2.31. The lowest BCUT2D eigenvalue weighted by atomic mass is 9.96. The molecule has 6 atom stereocenters. The fourth-order valence-electron chi connectivity index (χ4n) is 7.95. The monoisotopic (exact) mass is 797 g/mol. The molecule has 58 heavy (non-hydrogen) atoms. The number of hydrogen-bond acceptors (Lipinski definition) is 12. The normalized spacial score (nSPS) is 20.3. The van der Waals surface area contributed by atoms with Crippen molar-refractivity contribution < 1.29 is 38.1 Å². The van der Waals surface area contributed by atoms with Crippen LogP contribution < -0.4 is 20.1 Å². The summed E-state index contributed by atoms with van der Waals surface area (Å²) in [7, 11) is 2.57. The van der Waals surface area contributed by atoms with Crippen molar-refractivity contribution in [3.63, 3.8) is 0 Å². The van der Waals surface area contributed by atoms with Crippen molar-refractivity contribution in [1.82, 2.24) is 35.6 Å². The van der Waals surface area contributed by atoms with Gasteiger partial charge in [0.05, 0.1) is 37.7 Å². The lowest BCUT2D eigenvalue weighted by Crippen LogP contribution is -2.54. The molecule has 17 heteroatoms. The van der Waals surface area contributed by atoms with Crippen molar-refractivity contribution in [3.8, 4) is 34.4 Å². The number of carbonyl (C=O) groups is 4. The molecule has 4 aliphatic rings. The lowest BCUT2D eigenvalue weighted by molar-refractivity contribution is -0.136. The fourth-order valence-corrected chi connectivity index (χ4v) is 7.95. The molecule has 3 N–H and O–H groups in total. The van der Waals surface area contributed by atoms with Crippen LogP contribution in [0.15, 0.2) is 46.6 Å². The first-order valence-electron chi connectivity index (χ1n) is 20.0. The number of carbonyl (C=O) groups excluding carboxylic acids is 4. The molecule has 0 unspecified atom stereocenters. The number of nitrogens with one attached hydrogen (secondary N) is 3. The second-order valence-electron chi connectivity index (χ2n) is 15.3. The molecule has 17 nitrogen and oxygen atoms in total. The zero-order valence-electron chi connectivity index (χ0n) is 33.7. The molecule has 4 aliphatic heterocycles. The predicted molar refractivity (Wildman–Crippen MR) is 213 cm³/mol. The van der Waals surface area contributed by atoms with Gasteiger partial charge < -0.3 is 39.4 Å². The van der Waals surface area contributed by atoms with Crippen molar-refractivity contribution in [1.29, 1.82) is 0 Å². The minimum atomic E-state index is -0.721. The van der Waals surface area contributed by atoms with Gasteiger partial charge in [0, 0.05) is 30.6 Å². The highest BCUT2D eigenvalue weighted by molar-refractivity contribution is 6.17. The van der Waals surface area contributed by atoms with Crippen molar-refractivity contribution in [2.75, 3.05) is 27.3 Å². The fraction of sp³-hybridized carbons (Fsp3) is 0.512. The van der Waals surface area contributed by atoms with Gasteiger partial charge in [-0.1, -0.05) is 40.5 Å².